The van der Waals surface area contributed by atoms with E-state index in [2.05, 4.69) is 39.5 Å². The molecular formula is C30H36N8O3S. The number of hydrogen-bond acceptors (Lipinski definition) is 8. The molecule has 0 aliphatic carbocycles. The van der Waals surface area contributed by atoms with Crippen LogP contribution in [0.2, 0.25) is 0 Å². The van der Waals surface area contributed by atoms with E-state index in [0.717, 1.165) is 35.9 Å². The van der Waals surface area contributed by atoms with Crippen molar-refractivity contribution in [1.82, 2.24) is 28.6 Å². The van der Waals surface area contributed by atoms with Crippen molar-refractivity contribution in [2.45, 2.75) is 40.7 Å². The van der Waals surface area contributed by atoms with Gasteiger partial charge in [-0.2, -0.15) is 5.10 Å². The standard InChI is InChI=1S/C30H36N8O3S/c1-5-28(39)34-26-18-22(17-21-19-32-37(29(21)26)16-15-36(6-2)7-3)33-30-31-14-13-25(35-30)24-20-38(42(40,41)8-4)27-12-10-9-11-23(24)27/h9-14,17-20H,5-8,15-16H2,1-4H3,(H,34,39)(H,31,33,35). The number of anilines is 3. The Morgan fingerprint density at radius 2 is 1.83 bits per heavy atom. The first-order chi connectivity index (χ1) is 20.3. The van der Waals surface area contributed by atoms with Gasteiger partial charge in [0.05, 0.1) is 40.9 Å². The van der Waals surface area contributed by atoms with Crippen molar-refractivity contribution >= 4 is 55.1 Å². The van der Waals surface area contributed by atoms with Gasteiger partial charge >= 0.3 is 0 Å². The first kappa shape index (κ1) is 29.2. The van der Waals surface area contributed by atoms with E-state index in [4.69, 9.17) is 4.98 Å². The zero-order valence-corrected chi connectivity index (χ0v) is 25.1. The van der Waals surface area contributed by atoms with Crippen LogP contribution in [0.5, 0.6) is 0 Å². The number of likely N-dealkylation sites (N-methyl/N-ethyl adjacent to an activating group) is 1. The number of carbonyl (C=O) groups excluding carboxylic acids is 1. The molecule has 2 N–H and O–H groups in total. The number of amides is 1. The van der Waals surface area contributed by atoms with Crippen LogP contribution in [0.3, 0.4) is 0 Å². The Hall–Kier alpha value is -4.29. The van der Waals surface area contributed by atoms with Gasteiger partial charge < -0.3 is 15.5 Å². The quantitative estimate of drug-likeness (QED) is 0.207. The average Bonchev–Trinajstić information content (AvgIpc) is 3.60. The molecule has 0 fully saturated rings. The van der Waals surface area contributed by atoms with E-state index in [9.17, 15) is 13.2 Å². The summed E-state index contributed by atoms with van der Waals surface area (Å²) in [6.07, 6.45) is 5.39. The highest BCUT2D eigenvalue weighted by atomic mass is 32.2. The lowest BCUT2D eigenvalue weighted by atomic mass is 10.1. The van der Waals surface area contributed by atoms with Gasteiger partial charge in [0.25, 0.3) is 0 Å². The van der Waals surface area contributed by atoms with E-state index in [1.165, 1.54) is 3.97 Å². The Bertz CT molecular complexity index is 1840. The molecule has 0 radical (unpaired) electrons. The summed E-state index contributed by atoms with van der Waals surface area (Å²) in [5, 5.41) is 12.6. The van der Waals surface area contributed by atoms with Crippen LogP contribution in [0.15, 0.2) is 61.1 Å². The molecule has 0 aliphatic rings. The first-order valence-electron chi connectivity index (χ1n) is 14.2. The molecule has 0 saturated heterocycles. The predicted molar refractivity (Wildman–Crippen MR) is 168 cm³/mol. The number of rotatable bonds is 12. The zero-order valence-electron chi connectivity index (χ0n) is 24.3. The number of carbonyl (C=O) groups is 1. The molecule has 0 saturated carbocycles. The van der Waals surface area contributed by atoms with Gasteiger partial charge in [-0.05, 0) is 44.3 Å². The maximum atomic E-state index is 12.8. The molecule has 3 aromatic heterocycles. The summed E-state index contributed by atoms with van der Waals surface area (Å²) < 4.78 is 28.8. The minimum atomic E-state index is -3.51. The van der Waals surface area contributed by atoms with Gasteiger partial charge in [-0.25, -0.2) is 22.4 Å². The van der Waals surface area contributed by atoms with Crippen molar-refractivity contribution in [1.29, 1.82) is 0 Å². The van der Waals surface area contributed by atoms with Crippen molar-refractivity contribution in [3.63, 3.8) is 0 Å². The van der Waals surface area contributed by atoms with E-state index in [0.29, 0.717) is 47.1 Å². The molecule has 0 unspecified atom stereocenters. The Balaban J connectivity index is 1.51. The normalized spacial score (nSPS) is 11.9. The molecule has 42 heavy (non-hydrogen) atoms. The van der Waals surface area contributed by atoms with Gasteiger partial charge in [0, 0.05) is 47.4 Å². The summed E-state index contributed by atoms with van der Waals surface area (Å²) in [6.45, 7) is 11.2. The number of para-hydroxylation sites is 1. The fraction of sp³-hybridized carbons (Fsp3) is 0.333. The molecule has 0 bridgehead atoms. The molecule has 12 heteroatoms. The first-order valence-corrected chi connectivity index (χ1v) is 15.8. The predicted octanol–water partition coefficient (Wildman–Crippen LogP) is 5.08. The second-order valence-electron chi connectivity index (χ2n) is 9.90. The van der Waals surface area contributed by atoms with E-state index in [1.54, 1.807) is 37.6 Å². The lowest BCUT2D eigenvalue weighted by Gasteiger charge is -2.18. The monoisotopic (exact) mass is 588 g/mol. The number of nitrogens with zero attached hydrogens (tertiary/aromatic N) is 6. The Morgan fingerprint density at radius 1 is 1.05 bits per heavy atom. The average molecular weight is 589 g/mol. The van der Waals surface area contributed by atoms with Crippen LogP contribution < -0.4 is 10.6 Å². The van der Waals surface area contributed by atoms with E-state index in [1.807, 2.05) is 41.9 Å². The van der Waals surface area contributed by atoms with Crippen LogP contribution in [0.25, 0.3) is 33.1 Å². The Labute approximate surface area is 245 Å². The third-order valence-electron chi connectivity index (χ3n) is 7.38. The Kier molecular flexibility index (Phi) is 8.55. The molecule has 0 aliphatic heterocycles. The lowest BCUT2D eigenvalue weighted by Crippen LogP contribution is -2.27. The highest BCUT2D eigenvalue weighted by Gasteiger charge is 2.19. The minimum absolute atomic E-state index is 0.0207. The summed E-state index contributed by atoms with van der Waals surface area (Å²) in [5.74, 6) is 0.220. The van der Waals surface area contributed by atoms with Crippen molar-refractivity contribution in [3.05, 3.63) is 61.1 Å². The number of aromatic nitrogens is 5. The molecule has 3 heterocycles. The van der Waals surface area contributed by atoms with Crippen LogP contribution in [0, 0.1) is 0 Å². The zero-order chi connectivity index (χ0) is 29.9. The van der Waals surface area contributed by atoms with Crippen molar-refractivity contribution in [2.75, 3.05) is 36.0 Å². The second-order valence-corrected chi connectivity index (χ2v) is 12.0. The molecule has 5 rings (SSSR count). The third-order valence-corrected chi connectivity index (χ3v) is 9.01. The van der Waals surface area contributed by atoms with Gasteiger partial charge in [-0.1, -0.05) is 39.0 Å². The highest BCUT2D eigenvalue weighted by Crippen LogP contribution is 2.33. The van der Waals surface area contributed by atoms with Crippen LogP contribution >= 0.6 is 0 Å². The van der Waals surface area contributed by atoms with Crippen LogP contribution in [-0.4, -0.2) is 68.3 Å². The van der Waals surface area contributed by atoms with Gasteiger partial charge in [0.15, 0.2) is 0 Å². The Morgan fingerprint density at radius 3 is 2.57 bits per heavy atom. The summed E-state index contributed by atoms with van der Waals surface area (Å²) in [6, 6.07) is 12.9. The van der Waals surface area contributed by atoms with Gasteiger partial charge in [0.2, 0.25) is 21.9 Å². The maximum Gasteiger partial charge on any atom is 0.238 e. The van der Waals surface area contributed by atoms with Crippen LogP contribution in [-0.2, 0) is 21.4 Å². The van der Waals surface area contributed by atoms with Crippen molar-refractivity contribution < 1.29 is 13.2 Å². The van der Waals surface area contributed by atoms with Crippen molar-refractivity contribution in [3.8, 4) is 11.3 Å². The largest absolute Gasteiger partial charge is 0.324 e. The molecule has 220 valence electrons. The molecule has 0 atom stereocenters. The number of hydrogen-bond donors (Lipinski definition) is 2. The smallest absolute Gasteiger partial charge is 0.238 e. The number of nitrogens with one attached hydrogen (secondary N) is 2. The molecule has 11 nitrogen and oxygen atoms in total. The fourth-order valence-corrected chi connectivity index (χ4v) is 6.01. The topological polar surface area (TPSA) is 127 Å². The lowest BCUT2D eigenvalue weighted by molar-refractivity contribution is -0.115. The fourth-order valence-electron chi connectivity index (χ4n) is 5.01. The number of fused-ring (bicyclic) bond motifs is 2. The van der Waals surface area contributed by atoms with Crippen LogP contribution in [0.4, 0.5) is 17.3 Å². The van der Waals surface area contributed by atoms with Crippen LogP contribution in [0.1, 0.15) is 34.1 Å². The van der Waals surface area contributed by atoms with E-state index < -0.39 is 10.0 Å². The van der Waals surface area contributed by atoms with Gasteiger partial charge in [0.1, 0.15) is 0 Å². The van der Waals surface area contributed by atoms with Crippen molar-refractivity contribution in [2.24, 2.45) is 0 Å². The molecule has 2 aromatic carbocycles. The molecule has 1 amide bonds. The summed E-state index contributed by atoms with van der Waals surface area (Å²) in [4.78, 5) is 23.9. The molecule has 5 aromatic rings. The second kappa shape index (κ2) is 12.3. The minimum Gasteiger partial charge on any atom is -0.324 e. The molecular weight excluding hydrogens is 552 g/mol. The van der Waals surface area contributed by atoms with E-state index >= 15 is 0 Å². The molecule has 0 spiro atoms. The third kappa shape index (κ3) is 5.86. The number of benzene rings is 2. The SMILES string of the molecule is CCC(=O)Nc1cc(Nc2nccc(-c3cn(S(=O)(=O)CC)c4ccccc34)n2)cc2cnn(CCN(CC)CC)c12. The van der Waals surface area contributed by atoms with E-state index in [-0.39, 0.29) is 11.7 Å². The maximum absolute atomic E-state index is 12.8. The summed E-state index contributed by atoms with van der Waals surface area (Å²) in [7, 11) is -3.51. The summed E-state index contributed by atoms with van der Waals surface area (Å²) >= 11 is 0. The van der Waals surface area contributed by atoms with Gasteiger partial charge in [-0.15, -0.1) is 0 Å². The summed E-state index contributed by atoms with van der Waals surface area (Å²) in [5.41, 5.74) is 4.07. The highest BCUT2D eigenvalue weighted by molar-refractivity contribution is 7.90. The van der Waals surface area contributed by atoms with Gasteiger partial charge in [-0.3, -0.25) is 9.48 Å².